The fourth-order valence-corrected chi connectivity index (χ4v) is 5.89. The van der Waals surface area contributed by atoms with Gasteiger partial charge in [0.15, 0.2) is 0 Å². The summed E-state index contributed by atoms with van der Waals surface area (Å²) in [5.74, 6) is -0.561. The molecule has 1 saturated carbocycles. The third-order valence-electron chi connectivity index (χ3n) is 7.89. The van der Waals surface area contributed by atoms with E-state index in [0.717, 1.165) is 18.1 Å². The topological polar surface area (TPSA) is 27.0 Å². The molecule has 0 aromatic heterocycles. The molecule has 3 rings (SSSR count). The summed E-state index contributed by atoms with van der Waals surface area (Å²) in [5, 5.41) is 10.4. The van der Waals surface area contributed by atoms with Crippen molar-refractivity contribution < 1.29 is 26.3 Å². The number of nitriles is 1. The Kier molecular flexibility index (Phi) is 9.33. The maximum absolute atomic E-state index is 14.1. The number of alkyl halides is 6. The van der Waals surface area contributed by atoms with Crippen LogP contribution < -0.4 is 0 Å². The van der Waals surface area contributed by atoms with Crippen LogP contribution in [0.5, 0.6) is 0 Å². The van der Waals surface area contributed by atoms with Gasteiger partial charge in [0, 0.05) is 12.6 Å². The highest BCUT2D eigenvalue weighted by Crippen LogP contribution is 2.52. The van der Waals surface area contributed by atoms with Crippen molar-refractivity contribution >= 4 is 0 Å². The molecule has 0 amide bonds. The Labute approximate surface area is 215 Å². The normalized spacial score (nSPS) is 17.5. The van der Waals surface area contributed by atoms with Crippen LogP contribution in [0.15, 0.2) is 48.5 Å². The molecule has 1 aliphatic rings. The molecule has 0 spiro atoms. The van der Waals surface area contributed by atoms with Crippen molar-refractivity contribution in [2.45, 2.75) is 82.6 Å². The number of benzene rings is 2. The van der Waals surface area contributed by atoms with Crippen LogP contribution in [-0.2, 0) is 24.2 Å². The first-order valence-electron chi connectivity index (χ1n) is 12.9. The number of likely N-dealkylation sites (N-methyl/N-ethyl adjacent to an activating group) is 1. The standard InChI is InChI=1S/C29H34F6N2/c1-3-37(19-17-22-10-5-4-6-11-22)21(2)16-18-27(20-36,23-12-7-8-13-23)26-24(28(30,31)32)14-9-15-25(26)29(33,34)35/h4-6,9-11,14-15,21,23H,3,7-8,12-13,16-19H2,1-2H3. The van der Waals surface area contributed by atoms with Gasteiger partial charge in [0.1, 0.15) is 0 Å². The first-order chi connectivity index (χ1) is 17.4. The smallest absolute Gasteiger partial charge is 0.301 e. The summed E-state index contributed by atoms with van der Waals surface area (Å²) in [5.41, 5.74) is -4.30. The maximum atomic E-state index is 14.1. The van der Waals surface area contributed by atoms with Gasteiger partial charge in [-0.2, -0.15) is 31.6 Å². The quantitative estimate of drug-likeness (QED) is 0.292. The molecule has 2 aromatic carbocycles. The molecule has 0 N–H and O–H groups in total. The Balaban J connectivity index is 1.99. The highest BCUT2D eigenvalue weighted by molar-refractivity contribution is 5.49. The van der Waals surface area contributed by atoms with Crippen LogP contribution in [0.2, 0.25) is 0 Å². The molecule has 37 heavy (non-hydrogen) atoms. The summed E-state index contributed by atoms with van der Waals surface area (Å²) in [4.78, 5) is 2.17. The zero-order valence-electron chi connectivity index (χ0n) is 21.3. The van der Waals surface area contributed by atoms with Gasteiger partial charge in [-0.25, -0.2) is 0 Å². The molecule has 0 bridgehead atoms. The van der Waals surface area contributed by atoms with Crippen LogP contribution in [0.4, 0.5) is 26.3 Å². The largest absolute Gasteiger partial charge is 0.416 e. The Morgan fingerprint density at radius 2 is 1.49 bits per heavy atom. The molecule has 2 atom stereocenters. The van der Waals surface area contributed by atoms with E-state index in [9.17, 15) is 31.6 Å². The minimum atomic E-state index is -5.01. The van der Waals surface area contributed by atoms with Gasteiger partial charge in [-0.3, -0.25) is 0 Å². The monoisotopic (exact) mass is 524 g/mol. The molecule has 8 heteroatoms. The first kappa shape index (κ1) is 29.0. The van der Waals surface area contributed by atoms with Crippen LogP contribution >= 0.6 is 0 Å². The Hall–Kier alpha value is -2.53. The molecule has 0 radical (unpaired) electrons. The van der Waals surface area contributed by atoms with Crippen molar-refractivity contribution in [2.24, 2.45) is 5.92 Å². The second kappa shape index (κ2) is 11.9. The summed E-state index contributed by atoms with van der Waals surface area (Å²) in [6.45, 7) is 5.31. The van der Waals surface area contributed by atoms with Crippen molar-refractivity contribution in [2.75, 3.05) is 13.1 Å². The van der Waals surface area contributed by atoms with Gasteiger partial charge in [0.05, 0.1) is 22.6 Å². The Bertz CT molecular complexity index is 1020. The van der Waals surface area contributed by atoms with Crippen molar-refractivity contribution in [3.63, 3.8) is 0 Å². The van der Waals surface area contributed by atoms with Crippen LogP contribution in [0.1, 0.15) is 74.6 Å². The maximum Gasteiger partial charge on any atom is 0.416 e. The number of hydrogen-bond acceptors (Lipinski definition) is 2. The van der Waals surface area contributed by atoms with E-state index in [-0.39, 0.29) is 12.5 Å². The number of nitrogens with zero attached hydrogens (tertiary/aromatic N) is 2. The highest BCUT2D eigenvalue weighted by atomic mass is 19.4. The SMILES string of the molecule is CCN(CCc1ccccc1)C(C)CCC(C#N)(c1c(C(F)(F)F)cccc1C(F)(F)F)C1CCCC1. The lowest BCUT2D eigenvalue weighted by Gasteiger charge is -2.39. The van der Waals surface area contributed by atoms with E-state index in [0.29, 0.717) is 57.3 Å². The van der Waals surface area contributed by atoms with Crippen LogP contribution in [0.25, 0.3) is 0 Å². The van der Waals surface area contributed by atoms with E-state index in [4.69, 9.17) is 0 Å². The zero-order chi connectivity index (χ0) is 27.3. The van der Waals surface area contributed by atoms with Gasteiger partial charge in [0.2, 0.25) is 0 Å². The lowest BCUT2D eigenvalue weighted by Crippen LogP contribution is -2.40. The molecule has 202 valence electrons. The third-order valence-corrected chi connectivity index (χ3v) is 7.89. The van der Waals surface area contributed by atoms with Crippen molar-refractivity contribution in [1.29, 1.82) is 5.26 Å². The minimum absolute atomic E-state index is 0.0622. The zero-order valence-corrected chi connectivity index (χ0v) is 21.3. The number of halogens is 6. The third kappa shape index (κ3) is 6.67. The Morgan fingerprint density at radius 1 is 0.919 bits per heavy atom. The van der Waals surface area contributed by atoms with E-state index in [2.05, 4.69) is 11.0 Å². The van der Waals surface area contributed by atoms with Gasteiger partial charge < -0.3 is 4.90 Å². The molecule has 2 nitrogen and oxygen atoms in total. The summed E-state index contributed by atoms with van der Waals surface area (Å²) in [6.07, 6.45) is -6.71. The van der Waals surface area contributed by atoms with Gasteiger partial charge in [0.25, 0.3) is 0 Å². The van der Waals surface area contributed by atoms with E-state index in [1.165, 1.54) is 0 Å². The fourth-order valence-electron chi connectivity index (χ4n) is 5.89. The highest BCUT2D eigenvalue weighted by Gasteiger charge is 2.52. The van der Waals surface area contributed by atoms with E-state index >= 15 is 0 Å². The van der Waals surface area contributed by atoms with Crippen molar-refractivity contribution in [1.82, 2.24) is 4.90 Å². The van der Waals surface area contributed by atoms with Crippen molar-refractivity contribution in [3.8, 4) is 6.07 Å². The second-order valence-corrected chi connectivity index (χ2v) is 10.0. The molecule has 1 fully saturated rings. The molecule has 2 unspecified atom stereocenters. The number of rotatable bonds is 10. The fraction of sp³-hybridized carbons (Fsp3) is 0.552. The van der Waals surface area contributed by atoms with E-state index < -0.39 is 40.4 Å². The van der Waals surface area contributed by atoms with Crippen molar-refractivity contribution in [3.05, 3.63) is 70.8 Å². The average molecular weight is 525 g/mol. The summed E-state index contributed by atoms with van der Waals surface area (Å²) in [6, 6.07) is 14.0. The van der Waals surface area contributed by atoms with E-state index in [1.54, 1.807) is 0 Å². The minimum Gasteiger partial charge on any atom is -0.301 e. The summed E-state index contributed by atoms with van der Waals surface area (Å²) < 4.78 is 84.8. The summed E-state index contributed by atoms with van der Waals surface area (Å²) in [7, 11) is 0. The van der Waals surface area contributed by atoms with Crippen LogP contribution in [0, 0.1) is 17.2 Å². The first-order valence-corrected chi connectivity index (χ1v) is 12.9. The van der Waals surface area contributed by atoms with Gasteiger partial charge >= 0.3 is 12.4 Å². The van der Waals surface area contributed by atoms with Crippen LogP contribution in [-0.4, -0.2) is 24.0 Å². The molecule has 0 aliphatic heterocycles. The van der Waals surface area contributed by atoms with Gasteiger partial charge in [-0.05, 0) is 74.8 Å². The number of hydrogen-bond donors (Lipinski definition) is 0. The molecular formula is C29H34F6N2. The van der Waals surface area contributed by atoms with E-state index in [1.807, 2.05) is 44.2 Å². The lowest BCUT2D eigenvalue weighted by atomic mass is 9.64. The van der Waals surface area contributed by atoms with Gasteiger partial charge in [-0.1, -0.05) is 56.2 Å². The molecule has 0 saturated heterocycles. The average Bonchev–Trinajstić information content (AvgIpc) is 3.40. The molecule has 0 heterocycles. The molecule has 2 aromatic rings. The predicted molar refractivity (Wildman–Crippen MR) is 132 cm³/mol. The van der Waals surface area contributed by atoms with Gasteiger partial charge in [-0.15, -0.1) is 0 Å². The second-order valence-electron chi connectivity index (χ2n) is 10.0. The predicted octanol–water partition coefficient (Wildman–Crippen LogP) is 8.41. The lowest BCUT2D eigenvalue weighted by molar-refractivity contribution is -0.145. The summed E-state index contributed by atoms with van der Waals surface area (Å²) >= 11 is 0. The molecular weight excluding hydrogens is 490 g/mol. The molecule has 1 aliphatic carbocycles. The van der Waals surface area contributed by atoms with Crippen LogP contribution in [0.3, 0.4) is 0 Å². The Morgan fingerprint density at radius 3 is 1.97 bits per heavy atom.